The summed E-state index contributed by atoms with van der Waals surface area (Å²) in [5.41, 5.74) is 1.78. The quantitative estimate of drug-likeness (QED) is 0.401. The van der Waals surface area contributed by atoms with Gasteiger partial charge in [-0.2, -0.15) is 4.98 Å². The van der Waals surface area contributed by atoms with Crippen molar-refractivity contribution < 1.29 is 27.0 Å². The molecule has 0 aromatic carbocycles. The molecule has 5 rings (SSSR count). The van der Waals surface area contributed by atoms with Gasteiger partial charge in [-0.1, -0.05) is 13.8 Å². The van der Waals surface area contributed by atoms with E-state index in [4.69, 9.17) is 9.72 Å². The number of nitrogens with zero attached hydrogens (tertiary/aromatic N) is 6. The molecule has 11 nitrogen and oxygen atoms in total. The number of ether oxygens (including phenoxy) is 1. The smallest absolute Gasteiger partial charge is 0.293 e. The lowest BCUT2D eigenvalue weighted by atomic mass is 9.90. The number of hydrogen-bond donors (Lipinski definition) is 2. The summed E-state index contributed by atoms with van der Waals surface area (Å²) in [5.74, 6) is -2.08. The fourth-order valence-corrected chi connectivity index (χ4v) is 6.84. The maximum atomic E-state index is 14.5. The van der Waals surface area contributed by atoms with Crippen LogP contribution in [0.5, 0.6) is 0 Å². The van der Waals surface area contributed by atoms with Crippen molar-refractivity contribution in [3.8, 4) is 0 Å². The number of alkyl halides is 2. The number of pyridine rings is 2. The van der Waals surface area contributed by atoms with Gasteiger partial charge in [-0.05, 0) is 25.0 Å². The lowest BCUT2D eigenvalue weighted by molar-refractivity contribution is -0.171. The first-order valence-corrected chi connectivity index (χ1v) is 15.5. The van der Waals surface area contributed by atoms with Crippen LogP contribution in [0.1, 0.15) is 32.4 Å². The van der Waals surface area contributed by atoms with Crippen molar-refractivity contribution in [3.05, 3.63) is 36.4 Å². The van der Waals surface area contributed by atoms with E-state index in [-0.39, 0.29) is 36.1 Å². The van der Waals surface area contributed by atoms with Crippen molar-refractivity contribution >= 4 is 43.9 Å². The molecule has 2 aliphatic heterocycles. The number of nitrogens with one attached hydrogen (secondary N) is 1. The topological polar surface area (TPSA) is 134 Å². The van der Waals surface area contributed by atoms with Gasteiger partial charge in [-0.25, -0.2) is 27.2 Å². The first-order chi connectivity index (χ1) is 19.3. The van der Waals surface area contributed by atoms with Crippen LogP contribution in [0.3, 0.4) is 0 Å². The molecule has 2 aliphatic rings. The SMILES string of the molecule is CO[C@H]1[C@@H](O)CN(c2nccc(Nc3cc4c(C(C)C)ncc(N5C[C@H](CS(C)(=O)=O)[C@H]5C)c4cn3)n2)CC1(F)F. The number of piperidine rings is 1. The third-order valence-corrected chi connectivity index (χ3v) is 8.80. The summed E-state index contributed by atoms with van der Waals surface area (Å²) in [6.07, 6.45) is 3.30. The van der Waals surface area contributed by atoms with Gasteiger partial charge >= 0.3 is 0 Å². The van der Waals surface area contributed by atoms with E-state index in [1.807, 2.05) is 19.2 Å². The molecule has 5 heterocycles. The summed E-state index contributed by atoms with van der Waals surface area (Å²) < 4.78 is 57.5. The number of rotatable bonds is 8. The number of anilines is 4. The first kappa shape index (κ1) is 29.3. The molecule has 2 saturated heterocycles. The molecule has 3 aromatic rings. The highest BCUT2D eigenvalue weighted by Crippen LogP contribution is 2.39. The Bertz CT molecular complexity index is 1540. The predicted octanol–water partition coefficient (Wildman–Crippen LogP) is 2.99. The summed E-state index contributed by atoms with van der Waals surface area (Å²) in [5, 5.41) is 15.2. The molecule has 0 aliphatic carbocycles. The predicted molar refractivity (Wildman–Crippen MR) is 153 cm³/mol. The Morgan fingerprint density at radius 3 is 2.56 bits per heavy atom. The minimum atomic E-state index is -3.28. The second-order valence-electron chi connectivity index (χ2n) is 11.3. The van der Waals surface area contributed by atoms with E-state index < -0.39 is 34.5 Å². The normalized spacial score (nSPS) is 24.5. The highest BCUT2D eigenvalue weighted by atomic mass is 32.2. The lowest BCUT2D eigenvalue weighted by Crippen LogP contribution is -2.60. The number of fused-ring (bicyclic) bond motifs is 1. The van der Waals surface area contributed by atoms with Crippen LogP contribution in [0, 0.1) is 5.92 Å². The number of methoxy groups -OCH3 is 1. The monoisotopic (exact) mass is 591 g/mol. The maximum absolute atomic E-state index is 14.5. The Morgan fingerprint density at radius 1 is 1.17 bits per heavy atom. The van der Waals surface area contributed by atoms with Crippen LogP contribution >= 0.6 is 0 Å². The van der Waals surface area contributed by atoms with Crippen molar-refractivity contribution in [2.45, 2.75) is 50.9 Å². The molecular formula is C27H35F2N7O4S. The number of sulfone groups is 1. The van der Waals surface area contributed by atoms with E-state index >= 15 is 0 Å². The van der Waals surface area contributed by atoms with E-state index in [0.29, 0.717) is 18.2 Å². The van der Waals surface area contributed by atoms with Gasteiger partial charge in [0.1, 0.15) is 33.7 Å². The molecule has 222 valence electrons. The molecular weight excluding hydrogens is 556 g/mol. The lowest BCUT2D eigenvalue weighted by Gasteiger charge is -2.48. The average Bonchev–Trinajstić information content (AvgIpc) is 2.89. The van der Waals surface area contributed by atoms with Crippen molar-refractivity contribution in [2.24, 2.45) is 5.92 Å². The molecule has 0 amide bonds. The van der Waals surface area contributed by atoms with Crippen LogP contribution < -0.4 is 15.1 Å². The van der Waals surface area contributed by atoms with Crippen molar-refractivity contribution in [2.75, 3.05) is 53.9 Å². The third kappa shape index (κ3) is 5.90. The summed E-state index contributed by atoms with van der Waals surface area (Å²) in [7, 11) is -1.92. The zero-order valence-electron chi connectivity index (χ0n) is 23.6. The van der Waals surface area contributed by atoms with E-state index in [1.54, 1.807) is 12.3 Å². The Labute approximate surface area is 237 Å². The second-order valence-corrected chi connectivity index (χ2v) is 13.5. The van der Waals surface area contributed by atoms with Crippen LogP contribution in [0.4, 0.5) is 32.1 Å². The maximum Gasteiger partial charge on any atom is 0.293 e. The van der Waals surface area contributed by atoms with Gasteiger partial charge in [0.2, 0.25) is 5.95 Å². The fourth-order valence-electron chi connectivity index (χ4n) is 5.68. The highest BCUT2D eigenvalue weighted by Gasteiger charge is 2.50. The zero-order valence-corrected chi connectivity index (χ0v) is 24.4. The van der Waals surface area contributed by atoms with E-state index in [1.165, 1.54) is 17.4 Å². The molecule has 41 heavy (non-hydrogen) atoms. The summed E-state index contributed by atoms with van der Waals surface area (Å²) >= 11 is 0. The molecule has 14 heteroatoms. The van der Waals surface area contributed by atoms with E-state index in [0.717, 1.165) is 29.3 Å². The number of aliphatic hydroxyl groups excluding tert-OH is 1. The minimum Gasteiger partial charge on any atom is -0.388 e. The summed E-state index contributed by atoms with van der Waals surface area (Å²) in [4.78, 5) is 21.3. The Kier molecular flexibility index (Phi) is 7.76. The van der Waals surface area contributed by atoms with Gasteiger partial charge in [0.05, 0.1) is 29.9 Å². The second kappa shape index (κ2) is 10.9. The van der Waals surface area contributed by atoms with E-state index in [2.05, 4.69) is 39.0 Å². The van der Waals surface area contributed by atoms with Gasteiger partial charge in [0.15, 0.2) is 0 Å². The molecule has 0 unspecified atom stereocenters. The largest absolute Gasteiger partial charge is 0.388 e. The van der Waals surface area contributed by atoms with Crippen LogP contribution in [0.15, 0.2) is 30.7 Å². The van der Waals surface area contributed by atoms with Gasteiger partial charge in [-0.15, -0.1) is 0 Å². The van der Waals surface area contributed by atoms with Crippen LogP contribution in [0.25, 0.3) is 10.8 Å². The molecule has 2 N–H and O–H groups in total. The molecule has 2 fully saturated rings. The molecule has 0 radical (unpaired) electrons. The number of aromatic nitrogens is 4. The number of aliphatic hydroxyl groups is 1. The molecule has 0 saturated carbocycles. The summed E-state index contributed by atoms with van der Waals surface area (Å²) in [6, 6.07) is 3.52. The number of β-amino-alcohol motifs (C(OH)–C–C–N with tert-alkyl or cyclic N) is 1. The average molecular weight is 592 g/mol. The molecule has 3 aromatic heterocycles. The van der Waals surface area contributed by atoms with Crippen molar-refractivity contribution in [3.63, 3.8) is 0 Å². The minimum absolute atomic E-state index is 0.0386. The van der Waals surface area contributed by atoms with Crippen molar-refractivity contribution in [1.82, 2.24) is 19.9 Å². The Balaban J connectivity index is 1.41. The molecule has 0 spiro atoms. The van der Waals surface area contributed by atoms with Crippen LogP contribution in [0.2, 0.25) is 0 Å². The zero-order chi connectivity index (χ0) is 29.7. The van der Waals surface area contributed by atoms with E-state index in [9.17, 15) is 22.3 Å². The van der Waals surface area contributed by atoms with Crippen molar-refractivity contribution in [1.29, 1.82) is 0 Å². The number of halogens is 2. The van der Waals surface area contributed by atoms with Gasteiger partial charge in [-0.3, -0.25) is 4.98 Å². The molecule has 0 bridgehead atoms. The standard InChI is InChI=1S/C27H35F2N7O4S/c1-15(2)24-18-8-23(31-9-19(18)20(10-32-24)36-11-17(16(36)3)13-41(5,38)39)33-22-6-7-30-26(34-22)35-12-21(37)25(40-4)27(28,29)14-35/h6-10,15-17,21,25,37H,11-14H2,1-5H3,(H,30,31,33,34)/t16-,17-,21+,25+/m1/s1. The van der Waals surface area contributed by atoms with Gasteiger partial charge < -0.3 is 25.0 Å². The third-order valence-electron chi connectivity index (χ3n) is 7.77. The molecule has 4 atom stereocenters. The van der Waals surface area contributed by atoms with Crippen LogP contribution in [-0.4, -0.2) is 96.4 Å². The highest BCUT2D eigenvalue weighted by molar-refractivity contribution is 7.90. The van der Waals surface area contributed by atoms with Gasteiger partial charge in [0.25, 0.3) is 5.92 Å². The van der Waals surface area contributed by atoms with Gasteiger partial charge in [0, 0.05) is 61.6 Å². The first-order valence-electron chi connectivity index (χ1n) is 13.4. The Hall–Kier alpha value is -3.23. The summed E-state index contributed by atoms with van der Waals surface area (Å²) in [6.45, 7) is 5.95. The Morgan fingerprint density at radius 2 is 1.93 bits per heavy atom. The fraction of sp³-hybridized carbons (Fsp3) is 0.556. The number of hydrogen-bond acceptors (Lipinski definition) is 11. The van der Waals surface area contributed by atoms with Crippen LogP contribution in [-0.2, 0) is 14.6 Å².